The molecular formula is C8H20O2Si. The van der Waals surface area contributed by atoms with Gasteiger partial charge in [0.25, 0.3) is 0 Å². The van der Waals surface area contributed by atoms with Crippen molar-refractivity contribution in [3.8, 4) is 0 Å². The third kappa shape index (κ3) is 6.53. The van der Waals surface area contributed by atoms with Crippen LogP contribution in [0, 0.1) is 0 Å². The minimum Gasteiger partial charge on any atom is -0.397 e. The van der Waals surface area contributed by atoms with Gasteiger partial charge in [-0.05, 0) is 19.9 Å². The fraction of sp³-hybridized carbons (Fsp3) is 1.00. The number of rotatable bonds is 7. The smallest absolute Gasteiger partial charge is 0.321 e. The van der Waals surface area contributed by atoms with Crippen molar-refractivity contribution in [2.45, 2.75) is 39.7 Å². The second kappa shape index (κ2) is 8.24. The van der Waals surface area contributed by atoms with Crippen LogP contribution in [-0.4, -0.2) is 22.5 Å². The van der Waals surface area contributed by atoms with Crippen molar-refractivity contribution >= 4 is 9.28 Å². The first-order valence-electron chi connectivity index (χ1n) is 4.58. The standard InChI is InChI=1S/C8H20O2Si/c1-4-7-8-11(9-5-2)10-6-3/h11H,4-8H2,1-3H3. The molecule has 0 atom stereocenters. The average molecular weight is 176 g/mol. The lowest BCUT2D eigenvalue weighted by Crippen LogP contribution is -2.22. The van der Waals surface area contributed by atoms with Gasteiger partial charge in [0.05, 0.1) is 0 Å². The zero-order valence-corrected chi connectivity index (χ0v) is 9.08. The average Bonchev–Trinajstić information content (AvgIpc) is 2.01. The van der Waals surface area contributed by atoms with Crippen LogP contribution in [-0.2, 0) is 8.85 Å². The largest absolute Gasteiger partial charge is 0.397 e. The maximum absolute atomic E-state index is 5.50. The van der Waals surface area contributed by atoms with Crippen molar-refractivity contribution in [1.29, 1.82) is 0 Å². The molecule has 0 spiro atoms. The molecule has 0 fully saturated rings. The summed E-state index contributed by atoms with van der Waals surface area (Å²) in [6, 6.07) is 1.16. The highest BCUT2D eigenvalue weighted by atomic mass is 28.3. The molecular weight excluding hydrogens is 156 g/mol. The fourth-order valence-corrected chi connectivity index (χ4v) is 2.87. The van der Waals surface area contributed by atoms with Crippen molar-refractivity contribution in [3.63, 3.8) is 0 Å². The first kappa shape index (κ1) is 11.1. The van der Waals surface area contributed by atoms with Gasteiger partial charge < -0.3 is 8.85 Å². The Morgan fingerprint density at radius 2 is 1.55 bits per heavy atom. The summed E-state index contributed by atoms with van der Waals surface area (Å²) in [5.74, 6) is 0. The number of hydrogen-bond acceptors (Lipinski definition) is 2. The number of unbranched alkanes of at least 4 members (excludes halogenated alkanes) is 1. The molecule has 0 aliphatic heterocycles. The molecule has 0 N–H and O–H groups in total. The molecule has 0 rings (SSSR count). The van der Waals surface area contributed by atoms with E-state index >= 15 is 0 Å². The molecule has 0 aliphatic rings. The first-order chi connectivity index (χ1) is 5.35. The predicted octanol–water partition coefficient (Wildman–Crippen LogP) is 2.08. The van der Waals surface area contributed by atoms with Crippen LogP contribution in [0.25, 0.3) is 0 Å². The second-order valence-corrected chi connectivity index (χ2v) is 4.59. The van der Waals surface area contributed by atoms with Gasteiger partial charge in [-0.2, -0.15) is 0 Å². The molecule has 68 valence electrons. The second-order valence-electron chi connectivity index (χ2n) is 2.48. The SMILES string of the molecule is CCCC[SiH](OCC)OCC. The Kier molecular flexibility index (Phi) is 8.34. The summed E-state index contributed by atoms with van der Waals surface area (Å²) in [5, 5.41) is 0. The van der Waals surface area contributed by atoms with Gasteiger partial charge in [0.15, 0.2) is 0 Å². The Balaban J connectivity index is 3.34. The Hall–Kier alpha value is 0.137. The molecule has 11 heavy (non-hydrogen) atoms. The van der Waals surface area contributed by atoms with Crippen LogP contribution in [0.1, 0.15) is 33.6 Å². The van der Waals surface area contributed by atoms with E-state index in [-0.39, 0.29) is 0 Å². The maximum Gasteiger partial charge on any atom is 0.321 e. The highest BCUT2D eigenvalue weighted by Gasteiger charge is 2.09. The van der Waals surface area contributed by atoms with E-state index in [1.165, 1.54) is 12.8 Å². The lowest BCUT2D eigenvalue weighted by Gasteiger charge is -2.13. The van der Waals surface area contributed by atoms with Gasteiger partial charge in [-0.1, -0.05) is 19.8 Å². The van der Waals surface area contributed by atoms with Gasteiger partial charge in [0, 0.05) is 13.2 Å². The Bertz CT molecular complexity index is 72.5. The van der Waals surface area contributed by atoms with E-state index in [9.17, 15) is 0 Å². The summed E-state index contributed by atoms with van der Waals surface area (Å²) in [6.07, 6.45) is 2.49. The molecule has 2 nitrogen and oxygen atoms in total. The Morgan fingerprint density at radius 3 is 1.91 bits per heavy atom. The zero-order chi connectivity index (χ0) is 8.53. The van der Waals surface area contributed by atoms with E-state index in [4.69, 9.17) is 8.85 Å². The van der Waals surface area contributed by atoms with E-state index in [1.54, 1.807) is 0 Å². The molecule has 0 bridgehead atoms. The van der Waals surface area contributed by atoms with Crippen LogP contribution < -0.4 is 0 Å². The van der Waals surface area contributed by atoms with Gasteiger partial charge in [0.2, 0.25) is 0 Å². The molecule has 0 radical (unpaired) electrons. The molecule has 0 saturated heterocycles. The van der Waals surface area contributed by atoms with E-state index in [0.29, 0.717) is 0 Å². The van der Waals surface area contributed by atoms with Crippen molar-refractivity contribution in [2.24, 2.45) is 0 Å². The Morgan fingerprint density at radius 1 is 1.00 bits per heavy atom. The lowest BCUT2D eigenvalue weighted by molar-refractivity contribution is 0.213. The van der Waals surface area contributed by atoms with Crippen LogP contribution in [0.5, 0.6) is 0 Å². The maximum atomic E-state index is 5.50. The van der Waals surface area contributed by atoms with Crippen LogP contribution in [0.3, 0.4) is 0 Å². The summed E-state index contributed by atoms with van der Waals surface area (Å²) >= 11 is 0. The van der Waals surface area contributed by atoms with Crippen molar-refractivity contribution in [2.75, 3.05) is 13.2 Å². The highest BCUT2D eigenvalue weighted by molar-refractivity contribution is 6.44. The minimum atomic E-state index is -1.25. The molecule has 0 unspecified atom stereocenters. The van der Waals surface area contributed by atoms with Crippen molar-refractivity contribution in [3.05, 3.63) is 0 Å². The molecule has 0 aliphatic carbocycles. The van der Waals surface area contributed by atoms with Crippen molar-refractivity contribution < 1.29 is 8.85 Å². The van der Waals surface area contributed by atoms with E-state index < -0.39 is 9.28 Å². The van der Waals surface area contributed by atoms with Gasteiger partial charge in [-0.3, -0.25) is 0 Å². The van der Waals surface area contributed by atoms with E-state index in [0.717, 1.165) is 19.3 Å². The molecule has 0 heterocycles. The van der Waals surface area contributed by atoms with Gasteiger partial charge in [-0.15, -0.1) is 0 Å². The predicted molar refractivity (Wildman–Crippen MR) is 50.1 cm³/mol. The number of hydrogen-bond donors (Lipinski definition) is 0. The first-order valence-corrected chi connectivity index (χ1v) is 6.34. The molecule has 0 aromatic carbocycles. The monoisotopic (exact) mass is 176 g/mol. The summed E-state index contributed by atoms with van der Waals surface area (Å²) in [7, 11) is -1.25. The van der Waals surface area contributed by atoms with Crippen LogP contribution in [0.2, 0.25) is 6.04 Å². The topological polar surface area (TPSA) is 18.5 Å². The summed E-state index contributed by atoms with van der Waals surface area (Å²) in [4.78, 5) is 0. The quantitative estimate of drug-likeness (QED) is 0.553. The molecule has 3 heteroatoms. The molecule has 0 amide bonds. The van der Waals surface area contributed by atoms with Crippen LogP contribution in [0.15, 0.2) is 0 Å². The summed E-state index contributed by atoms with van der Waals surface area (Å²) < 4.78 is 11.0. The lowest BCUT2D eigenvalue weighted by atomic mass is 10.4. The third-order valence-corrected chi connectivity index (χ3v) is 3.79. The molecule has 0 aromatic rings. The fourth-order valence-electron chi connectivity index (χ4n) is 0.957. The molecule has 0 aromatic heterocycles. The van der Waals surface area contributed by atoms with Gasteiger partial charge in [0.1, 0.15) is 0 Å². The Labute approximate surface area is 71.7 Å². The van der Waals surface area contributed by atoms with Crippen molar-refractivity contribution in [1.82, 2.24) is 0 Å². The van der Waals surface area contributed by atoms with Crippen LogP contribution >= 0.6 is 0 Å². The third-order valence-electron chi connectivity index (χ3n) is 1.50. The normalized spacial score (nSPS) is 10.9. The van der Waals surface area contributed by atoms with Gasteiger partial charge in [-0.25, -0.2) is 0 Å². The van der Waals surface area contributed by atoms with Gasteiger partial charge >= 0.3 is 9.28 Å². The molecule has 0 saturated carbocycles. The minimum absolute atomic E-state index is 0.806. The summed E-state index contributed by atoms with van der Waals surface area (Å²) in [5.41, 5.74) is 0. The van der Waals surface area contributed by atoms with E-state index in [1.807, 2.05) is 13.8 Å². The highest BCUT2D eigenvalue weighted by Crippen LogP contribution is 2.03. The summed E-state index contributed by atoms with van der Waals surface area (Å²) in [6.45, 7) is 7.88. The van der Waals surface area contributed by atoms with Crippen LogP contribution in [0.4, 0.5) is 0 Å². The zero-order valence-electron chi connectivity index (χ0n) is 7.93. The van der Waals surface area contributed by atoms with E-state index in [2.05, 4.69) is 6.92 Å².